The smallest absolute Gasteiger partial charge is 0.328 e. The van der Waals surface area contributed by atoms with Gasteiger partial charge in [-0.05, 0) is 24.3 Å². The number of carbonyl (C=O) groups is 1. The molecule has 0 aliphatic carbocycles. The number of halogens is 3. The summed E-state index contributed by atoms with van der Waals surface area (Å²) in [6.45, 7) is -0.452. The molecule has 0 radical (unpaired) electrons. The Balaban J connectivity index is 3.00. The van der Waals surface area contributed by atoms with Gasteiger partial charge in [-0.3, -0.25) is 10.0 Å². The van der Waals surface area contributed by atoms with Gasteiger partial charge >= 0.3 is 6.18 Å². The number of carbonyl (C=O) groups excluding carboxylic acids is 1. The highest BCUT2D eigenvalue weighted by atomic mass is 32.2. The lowest BCUT2D eigenvalue weighted by molar-refractivity contribution is -0.137. The molecule has 0 fully saturated rings. The van der Waals surface area contributed by atoms with Crippen LogP contribution in [-0.2, 0) is 21.0 Å². The van der Waals surface area contributed by atoms with E-state index in [0.717, 1.165) is 12.1 Å². The van der Waals surface area contributed by atoms with Gasteiger partial charge in [0.05, 0.1) is 10.5 Å². The van der Waals surface area contributed by atoms with E-state index in [9.17, 15) is 26.4 Å². The Kier molecular flexibility index (Phi) is 5.28. The van der Waals surface area contributed by atoms with Gasteiger partial charge in [-0.25, -0.2) is 13.9 Å². The predicted octanol–water partition coefficient (Wildman–Crippen LogP) is -0.184. The minimum absolute atomic E-state index is 0.452. The van der Waals surface area contributed by atoms with E-state index < -0.39 is 45.2 Å². The lowest BCUT2D eigenvalue weighted by Crippen LogP contribution is -2.49. The van der Waals surface area contributed by atoms with Gasteiger partial charge in [-0.2, -0.15) is 17.9 Å². The summed E-state index contributed by atoms with van der Waals surface area (Å²) >= 11 is 0. The molecule has 118 valence electrons. The molecule has 0 aliphatic rings. The van der Waals surface area contributed by atoms with Crippen molar-refractivity contribution in [2.45, 2.75) is 17.1 Å². The first-order chi connectivity index (χ1) is 9.61. The van der Waals surface area contributed by atoms with Crippen LogP contribution in [0.4, 0.5) is 13.2 Å². The second kappa shape index (κ2) is 6.39. The average molecular weight is 327 g/mol. The largest absolute Gasteiger partial charge is 0.416 e. The Morgan fingerprint density at radius 2 is 1.81 bits per heavy atom. The lowest BCUT2D eigenvalue weighted by atomic mass is 10.2. The fourth-order valence-electron chi connectivity index (χ4n) is 1.36. The molecule has 7 nitrogen and oxygen atoms in total. The summed E-state index contributed by atoms with van der Waals surface area (Å²) in [4.78, 5) is 10.6. The number of benzene rings is 1. The Hall–Kier alpha value is -1.69. The van der Waals surface area contributed by atoms with Gasteiger partial charge in [-0.15, -0.1) is 0 Å². The third kappa shape index (κ3) is 4.39. The van der Waals surface area contributed by atoms with Gasteiger partial charge < -0.3 is 5.73 Å². The fourth-order valence-corrected chi connectivity index (χ4v) is 2.57. The molecular weight excluding hydrogens is 315 g/mol. The van der Waals surface area contributed by atoms with Crippen LogP contribution in [0.2, 0.25) is 0 Å². The number of rotatable bonds is 5. The van der Waals surface area contributed by atoms with Crippen LogP contribution in [0.5, 0.6) is 0 Å². The summed E-state index contributed by atoms with van der Waals surface area (Å²) < 4.78 is 62.7. The Bertz CT molecular complexity index is 601. The van der Waals surface area contributed by atoms with E-state index in [4.69, 9.17) is 10.9 Å². The quantitative estimate of drug-likeness (QED) is 0.441. The molecule has 0 aromatic heterocycles. The van der Waals surface area contributed by atoms with Crippen LogP contribution in [0, 0.1) is 0 Å². The molecule has 11 heteroatoms. The van der Waals surface area contributed by atoms with Crippen molar-refractivity contribution in [2.75, 3.05) is 6.54 Å². The van der Waals surface area contributed by atoms with E-state index in [2.05, 4.69) is 0 Å². The monoisotopic (exact) mass is 327 g/mol. The summed E-state index contributed by atoms with van der Waals surface area (Å²) in [5, 5.41) is 8.41. The molecule has 1 aromatic rings. The van der Waals surface area contributed by atoms with E-state index >= 15 is 0 Å². The van der Waals surface area contributed by atoms with Crippen LogP contribution >= 0.6 is 0 Å². The summed E-state index contributed by atoms with van der Waals surface area (Å²) in [6.07, 6.45) is -4.59. The molecular formula is C10H12F3N3O4S. The normalized spacial score (nSPS) is 13.8. The van der Waals surface area contributed by atoms with Gasteiger partial charge in [0.25, 0.3) is 5.91 Å². The van der Waals surface area contributed by atoms with Gasteiger partial charge in [0.2, 0.25) is 10.0 Å². The second-order valence-electron chi connectivity index (χ2n) is 3.91. The van der Waals surface area contributed by atoms with Crippen molar-refractivity contribution in [1.29, 1.82) is 0 Å². The first kappa shape index (κ1) is 17.4. The van der Waals surface area contributed by atoms with Crippen LogP contribution in [-0.4, -0.2) is 32.1 Å². The molecule has 0 spiro atoms. The molecule has 1 amide bonds. The molecule has 21 heavy (non-hydrogen) atoms. The number of hydroxylamine groups is 1. The van der Waals surface area contributed by atoms with Gasteiger partial charge in [-0.1, -0.05) is 0 Å². The molecule has 1 rings (SSSR count). The highest BCUT2D eigenvalue weighted by Crippen LogP contribution is 2.29. The maximum atomic E-state index is 12.4. The Morgan fingerprint density at radius 3 is 2.19 bits per heavy atom. The fraction of sp³-hybridized carbons (Fsp3) is 0.300. The number of hydrogen-bond donors (Lipinski definition) is 4. The zero-order valence-electron chi connectivity index (χ0n) is 10.4. The second-order valence-corrected chi connectivity index (χ2v) is 5.62. The zero-order valence-corrected chi connectivity index (χ0v) is 11.2. The number of nitrogens with one attached hydrogen (secondary N) is 2. The maximum Gasteiger partial charge on any atom is 0.416 e. The van der Waals surface area contributed by atoms with Crippen molar-refractivity contribution in [3.05, 3.63) is 29.8 Å². The van der Waals surface area contributed by atoms with Crippen molar-refractivity contribution in [3.8, 4) is 0 Å². The third-order valence-electron chi connectivity index (χ3n) is 2.45. The van der Waals surface area contributed by atoms with Crippen molar-refractivity contribution >= 4 is 15.9 Å². The summed E-state index contributed by atoms with van der Waals surface area (Å²) in [6, 6.07) is 1.23. The third-order valence-corrected chi connectivity index (χ3v) is 3.94. The standard InChI is InChI=1S/C10H12F3N3O4S/c11-10(12,13)6-1-3-7(4-2-6)21(19,20)16-8(5-14)9(17)15-18/h1-4,8,16,18H,5,14H2,(H,15,17)/t8-/m0/s1. The molecule has 0 aliphatic heterocycles. The number of hydrogen-bond acceptors (Lipinski definition) is 5. The van der Waals surface area contributed by atoms with E-state index in [1.165, 1.54) is 5.48 Å². The number of nitrogens with two attached hydrogens (primary N) is 1. The van der Waals surface area contributed by atoms with Crippen molar-refractivity contribution in [1.82, 2.24) is 10.2 Å². The molecule has 0 saturated carbocycles. The van der Waals surface area contributed by atoms with E-state index in [-0.39, 0.29) is 0 Å². The van der Waals surface area contributed by atoms with Crippen LogP contribution in [0.3, 0.4) is 0 Å². The van der Waals surface area contributed by atoms with Crippen LogP contribution in [0.25, 0.3) is 0 Å². The average Bonchev–Trinajstić information content (AvgIpc) is 2.43. The van der Waals surface area contributed by atoms with Gasteiger partial charge in [0.15, 0.2) is 0 Å². The van der Waals surface area contributed by atoms with E-state index in [1.54, 1.807) is 0 Å². The lowest BCUT2D eigenvalue weighted by Gasteiger charge is -2.15. The van der Waals surface area contributed by atoms with Crippen LogP contribution in [0.1, 0.15) is 5.56 Å². The summed E-state index contributed by atoms with van der Waals surface area (Å²) in [5.74, 6) is -1.09. The Morgan fingerprint density at radius 1 is 1.29 bits per heavy atom. The summed E-state index contributed by atoms with van der Waals surface area (Å²) in [5.41, 5.74) is 5.38. The molecule has 5 N–H and O–H groups in total. The van der Waals surface area contributed by atoms with Gasteiger partial charge in [0, 0.05) is 6.54 Å². The highest BCUT2D eigenvalue weighted by Gasteiger charge is 2.31. The van der Waals surface area contributed by atoms with Gasteiger partial charge in [0.1, 0.15) is 6.04 Å². The van der Waals surface area contributed by atoms with Crippen molar-refractivity contribution in [3.63, 3.8) is 0 Å². The molecule has 0 heterocycles. The number of amides is 1. The van der Waals surface area contributed by atoms with Crippen molar-refractivity contribution < 1.29 is 31.6 Å². The minimum atomic E-state index is -4.59. The maximum absolute atomic E-state index is 12.4. The minimum Gasteiger partial charge on any atom is -0.328 e. The molecule has 0 bridgehead atoms. The first-order valence-corrected chi connectivity index (χ1v) is 6.93. The van der Waals surface area contributed by atoms with Crippen LogP contribution in [0.15, 0.2) is 29.2 Å². The van der Waals surface area contributed by atoms with E-state index in [1.807, 2.05) is 4.72 Å². The first-order valence-electron chi connectivity index (χ1n) is 5.45. The molecule has 0 unspecified atom stereocenters. The summed E-state index contributed by atoms with van der Waals surface area (Å²) in [7, 11) is -4.26. The van der Waals surface area contributed by atoms with Crippen LogP contribution < -0.4 is 15.9 Å². The molecule has 1 atom stereocenters. The van der Waals surface area contributed by atoms with Crippen molar-refractivity contribution in [2.24, 2.45) is 5.73 Å². The Labute approximate surface area is 117 Å². The molecule has 0 saturated heterocycles. The predicted molar refractivity (Wildman–Crippen MR) is 64.5 cm³/mol. The molecule has 1 aromatic carbocycles. The highest BCUT2D eigenvalue weighted by molar-refractivity contribution is 7.89. The number of alkyl halides is 3. The number of sulfonamides is 1. The topological polar surface area (TPSA) is 122 Å². The SMILES string of the molecule is NC[C@H](NS(=O)(=O)c1ccc(C(F)(F)F)cc1)C(=O)NO. The zero-order chi connectivity index (χ0) is 16.3. The van der Waals surface area contributed by atoms with E-state index in [0.29, 0.717) is 12.1 Å².